The van der Waals surface area contributed by atoms with Crippen LogP contribution in [0.5, 0.6) is 0 Å². The molecule has 2 rings (SSSR count). The highest BCUT2D eigenvalue weighted by Gasteiger charge is 2.11. The summed E-state index contributed by atoms with van der Waals surface area (Å²) >= 11 is 1.21. The van der Waals surface area contributed by atoms with Crippen LogP contribution in [0.1, 0.15) is 16.7 Å². The third kappa shape index (κ3) is 2.12. The van der Waals surface area contributed by atoms with Crippen molar-refractivity contribution in [2.45, 2.75) is 12.5 Å². The monoisotopic (exact) mass is 207 g/mol. The normalized spacial score (nSPS) is 12.6. The molecule has 1 N–H and O–H groups in total. The summed E-state index contributed by atoms with van der Waals surface area (Å²) in [7, 11) is 0. The molecule has 0 fully saturated rings. The molecular weight excluding hydrogens is 198 g/mol. The molecule has 2 aromatic heterocycles. The van der Waals surface area contributed by atoms with E-state index in [9.17, 15) is 5.11 Å². The Hall–Kier alpha value is -1.33. The standard InChI is InChI=1S/C9H9N3OS/c13-8(9-6-11-12-14-9)5-7-3-1-2-4-10-7/h1-4,6,8,13H,5H2. The number of rotatable bonds is 3. The first-order valence-electron chi connectivity index (χ1n) is 4.21. The number of pyridine rings is 1. The number of nitrogens with zero attached hydrogens (tertiary/aromatic N) is 3. The number of aliphatic hydroxyl groups excluding tert-OH is 1. The molecular formula is C9H9N3OS. The summed E-state index contributed by atoms with van der Waals surface area (Å²) in [6, 6.07) is 5.64. The van der Waals surface area contributed by atoms with Crippen LogP contribution < -0.4 is 0 Å². The topological polar surface area (TPSA) is 58.9 Å². The molecule has 0 aliphatic carbocycles. The average Bonchev–Trinajstić information content (AvgIpc) is 2.72. The Kier molecular flexibility index (Phi) is 2.81. The highest BCUT2D eigenvalue weighted by atomic mass is 32.1. The van der Waals surface area contributed by atoms with E-state index in [1.165, 1.54) is 11.5 Å². The van der Waals surface area contributed by atoms with Crippen molar-refractivity contribution < 1.29 is 5.11 Å². The number of aliphatic hydroxyl groups is 1. The van der Waals surface area contributed by atoms with E-state index >= 15 is 0 Å². The van der Waals surface area contributed by atoms with Crippen LogP contribution in [0.4, 0.5) is 0 Å². The molecule has 14 heavy (non-hydrogen) atoms. The van der Waals surface area contributed by atoms with Gasteiger partial charge in [0.2, 0.25) is 0 Å². The lowest BCUT2D eigenvalue weighted by atomic mass is 10.1. The lowest BCUT2D eigenvalue weighted by Crippen LogP contribution is -2.00. The second-order valence-electron chi connectivity index (χ2n) is 2.86. The van der Waals surface area contributed by atoms with Gasteiger partial charge in [-0.2, -0.15) is 0 Å². The summed E-state index contributed by atoms with van der Waals surface area (Å²) in [5, 5.41) is 13.4. The van der Waals surface area contributed by atoms with Crippen LogP contribution in [0, 0.1) is 0 Å². The van der Waals surface area contributed by atoms with E-state index in [1.54, 1.807) is 12.4 Å². The van der Waals surface area contributed by atoms with Crippen LogP contribution in [0.3, 0.4) is 0 Å². The Morgan fingerprint density at radius 3 is 3.00 bits per heavy atom. The lowest BCUT2D eigenvalue weighted by Gasteiger charge is -2.05. The second-order valence-corrected chi connectivity index (χ2v) is 3.68. The molecule has 1 atom stereocenters. The summed E-state index contributed by atoms with van der Waals surface area (Å²) in [5.41, 5.74) is 0.869. The van der Waals surface area contributed by atoms with E-state index in [2.05, 4.69) is 14.6 Å². The summed E-state index contributed by atoms with van der Waals surface area (Å²) in [4.78, 5) is 4.91. The van der Waals surface area contributed by atoms with Gasteiger partial charge < -0.3 is 5.11 Å². The summed E-state index contributed by atoms with van der Waals surface area (Å²) in [6.07, 6.45) is 3.25. The van der Waals surface area contributed by atoms with Crippen LogP contribution >= 0.6 is 11.5 Å². The molecule has 0 aliphatic rings. The van der Waals surface area contributed by atoms with Crippen molar-refractivity contribution >= 4 is 11.5 Å². The van der Waals surface area contributed by atoms with E-state index in [0.717, 1.165) is 10.6 Å². The molecule has 0 bridgehead atoms. The van der Waals surface area contributed by atoms with Crippen molar-refractivity contribution in [2.24, 2.45) is 0 Å². The first-order valence-corrected chi connectivity index (χ1v) is 4.99. The minimum Gasteiger partial charge on any atom is -0.387 e. The quantitative estimate of drug-likeness (QED) is 0.821. The maximum absolute atomic E-state index is 9.75. The first kappa shape index (κ1) is 9.23. The fourth-order valence-electron chi connectivity index (χ4n) is 1.14. The van der Waals surface area contributed by atoms with Crippen LogP contribution in [0.15, 0.2) is 30.6 Å². The molecule has 0 aromatic carbocycles. The summed E-state index contributed by atoms with van der Waals surface area (Å²) in [6.45, 7) is 0. The van der Waals surface area contributed by atoms with Crippen molar-refractivity contribution in [1.82, 2.24) is 14.6 Å². The van der Waals surface area contributed by atoms with Crippen molar-refractivity contribution in [3.63, 3.8) is 0 Å². The molecule has 72 valence electrons. The van der Waals surface area contributed by atoms with Gasteiger partial charge in [-0.1, -0.05) is 10.6 Å². The fourth-order valence-corrected chi connectivity index (χ4v) is 1.63. The van der Waals surface area contributed by atoms with E-state index in [0.29, 0.717) is 6.42 Å². The van der Waals surface area contributed by atoms with Crippen molar-refractivity contribution in [3.05, 3.63) is 41.2 Å². The largest absolute Gasteiger partial charge is 0.387 e. The second kappa shape index (κ2) is 4.26. The maximum Gasteiger partial charge on any atom is 0.0969 e. The molecule has 1 unspecified atom stereocenters. The van der Waals surface area contributed by atoms with Gasteiger partial charge in [0, 0.05) is 18.3 Å². The van der Waals surface area contributed by atoms with Crippen LogP contribution in [-0.4, -0.2) is 19.7 Å². The predicted molar refractivity (Wildman–Crippen MR) is 52.8 cm³/mol. The van der Waals surface area contributed by atoms with Crippen molar-refractivity contribution in [2.75, 3.05) is 0 Å². The molecule has 0 amide bonds. The molecule has 0 saturated carbocycles. The third-order valence-corrected chi connectivity index (χ3v) is 2.60. The molecule has 4 nitrogen and oxygen atoms in total. The van der Waals surface area contributed by atoms with Crippen LogP contribution in [0.25, 0.3) is 0 Å². The highest BCUT2D eigenvalue weighted by Crippen LogP contribution is 2.18. The van der Waals surface area contributed by atoms with Gasteiger partial charge in [-0.05, 0) is 23.7 Å². The average molecular weight is 207 g/mol. The van der Waals surface area contributed by atoms with E-state index in [1.807, 2.05) is 18.2 Å². The minimum absolute atomic E-state index is 0.505. The zero-order chi connectivity index (χ0) is 9.80. The number of aromatic nitrogens is 3. The van der Waals surface area contributed by atoms with Gasteiger partial charge >= 0.3 is 0 Å². The van der Waals surface area contributed by atoms with Crippen LogP contribution in [-0.2, 0) is 6.42 Å². The van der Waals surface area contributed by atoms with Gasteiger partial charge in [-0.25, -0.2) is 0 Å². The predicted octanol–water partition coefficient (Wildman–Crippen LogP) is 1.21. The van der Waals surface area contributed by atoms with Gasteiger partial charge in [0.05, 0.1) is 17.2 Å². The van der Waals surface area contributed by atoms with Crippen molar-refractivity contribution in [1.29, 1.82) is 0 Å². The number of hydrogen-bond acceptors (Lipinski definition) is 5. The van der Waals surface area contributed by atoms with Gasteiger partial charge in [0.15, 0.2) is 0 Å². The van der Waals surface area contributed by atoms with E-state index < -0.39 is 6.10 Å². The molecule has 0 spiro atoms. The molecule has 2 aromatic rings. The van der Waals surface area contributed by atoms with Crippen LogP contribution in [0.2, 0.25) is 0 Å². The zero-order valence-electron chi connectivity index (χ0n) is 7.37. The first-order chi connectivity index (χ1) is 6.86. The molecule has 0 radical (unpaired) electrons. The van der Waals surface area contributed by atoms with Gasteiger partial charge in [-0.15, -0.1) is 5.10 Å². The highest BCUT2D eigenvalue weighted by molar-refractivity contribution is 7.05. The Bertz CT molecular complexity index is 376. The summed E-state index contributed by atoms with van der Waals surface area (Å²) < 4.78 is 3.70. The fraction of sp³-hybridized carbons (Fsp3) is 0.222. The number of hydrogen-bond donors (Lipinski definition) is 1. The Morgan fingerprint density at radius 2 is 2.36 bits per heavy atom. The molecule has 0 saturated heterocycles. The lowest BCUT2D eigenvalue weighted by molar-refractivity contribution is 0.181. The van der Waals surface area contributed by atoms with Crippen molar-refractivity contribution in [3.8, 4) is 0 Å². The Labute approximate surface area is 85.4 Å². The van der Waals surface area contributed by atoms with Gasteiger partial charge in [-0.3, -0.25) is 4.98 Å². The minimum atomic E-state index is -0.551. The summed E-state index contributed by atoms with van der Waals surface area (Å²) in [5.74, 6) is 0. The van der Waals surface area contributed by atoms with E-state index in [-0.39, 0.29) is 0 Å². The molecule has 5 heteroatoms. The Balaban J connectivity index is 2.06. The van der Waals surface area contributed by atoms with Gasteiger partial charge in [0.25, 0.3) is 0 Å². The molecule has 0 aliphatic heterocycles. The van der Waals surface area contributed by atoms with E-state index in [4.69, 9.17) is 0 Å². The molecule has 2 heterocycles. The smallest absolute Gasteiger partial charge is 0.0969 e. The SMILES string of the molecule is OC(Cc1ccccn1)c1cnns1. The zero-order valence-corrected chi connectivity index (χ0v) is 8.18. The Morgan fingerprint density at radius 1 is 1.43 bits per heavy atom. The third-order valence-electron chi connectivity index (χ3n) is 1.84. The maximum atomic E-state index is 9.75. The van der Waals surface area contributed by atoms with Gasteiger partial charge in [0.1, 0.15) is 0 Å².